The van der Waals surface area contributed by atoms with E-state index >= 15 is 0 Å². The van der Waals surface area contributed by atoms with Crippen LogP contribution in [0.25, 0.3) is 0 Å². The second-order valence-corrected chi connectivity index (χ2v) is 14.2. The molecule has 0 radical (unpaired) electrons. The van der Waals surface area contributed by atoms with Gasteiger partial charge in [-0.1, -0.05) is 34.6 Å². The fraction of sp³-hybridized carbons (Fsp3) is 0.867. The molecule has 0 aromatic heterocycles. The van der Waals surface area contributed by atoms with Gasteiger partial charge in [-0.05, 0) is 116 Å². The standard InChI is InChI=1S/C30H46O4/c1-18(15-20(31)16-19(2)25(33)34)21-9-11-28(6)23-8-7-22-26(3,4)24(32)10-12-29(22)17-30(23,29)14-13-27(21,28)5/h16,18,20-23,31H,7-15,17H2,1-6H3,(H,33,34)/t18-,20-,21-,22+,23+,27-,28+,29-,30+/m1/s1. The van der Waals surface area contributed by atoms with Crippen LogP contribution in [-0.4, -0.2) is 28.1 Å². The van der Waals surface area contributed by atoms with Crippen LogP contribution in [0.2, 0.25) is 0 Å². The van der Waals surface area contributed by atoms with E-state index in [1.165, 1.54) is 51.0 Å². The number of aliphatic carboxylic acids is 1. The largest absolute Gasteiger partial charge is 0.478 e. The van der Waals surface area contributed by atoms with E-state index in [4.69, 9.17) is 0 Å². The Hall–Kier alpha value is -1.16. The summed E-state index contributed by atoms with van der Waals surface area (Å²) in [6.45, 7) is 13.5. The van der Waals surface area contributed by atoms with Gasteiger partial charge in [-0.15, -0.1) is 0 Å². The Labute approximate surface area is 206 Å². The van der Waals surface area contributed by atoms with E-state index in [1.807, 2.05) is 0 Å². The van der Waals surface area contributed by atoms with Gasteiger partial charge in [0.25, 0.3) is 0 Å². The Balaban J connectivity index is 1.38. The summed E-state index contributed by atoms with van der Waals surface area (Å²) in [5, 5.41) is 19.8. The van der Waals surface area contributed by atoms with E-state index in [1.54, 1.807) is 6.92 Å². The van der Waals surface area contributed by atoms with Crippen molar-refractivity contribution in [1.82, 2.24) is 0 Å². The molecule has 5 aliphatic carbocycles. The third-order valence-electron chi connectivity index (χ3n) is 13.0. The fourth-order valence-electron chi connectivity index (χ4n) is 11.1. The second kappa shape index (κ2) is 7.43. The molecule has 5 aliphatic rings. The van der Waals surface area contributed by atoms with Crippen LogP contribution in [0.15, 0.2) is 11.6 Å². The minimum Gasteiger partial charge on any atom is -0.478 e. The van der Waals surface area contributed by atoms with Crippen molar-refractivity contribution in [3.63, 3.8) is 0 Å². The predicted octanol–water partition coefficient (Wildman–Crippen LogP) is 6.41. The molecular formula is C30H46O4. The van der Waals surface area contributed by atoms with Crippen LogP contribution in [-0.2, 0) is 9.59 Å². The average Bonchev–Trinajstić information content (AvgIpc) is 3.33. The lowest BCUT2D eigenvalue weighted by Gasteiger charge is -2.62. The first kappa shape index (κ1) is 24.5. The van der Waals surface area contributed by atoms with Gasteiger partial charge in [-0.3, -0.25) is 4.79 Å². The summed E-state index contributed by atoms with van der Waals surface area (Å²) in [5.41, 5.74) is 1.54. The van der Waals surface area contributed by atoms with Crippen LogP contribution < -0.4 is 0 Å². The van der Waals surface area contributed by atoms with E-state index in [0.29, 0.717) is 46.2 Å². The summed E-state index contributed by atoms with van der Waals surface area (Å²) >= 11 is 0. The Morgan fingerprint density at radius 2 is 1.65 bits per heavy atom. The Morgan fingerprint density at radius 1 is 1.00 bits per heavy atom. The number of rotatable bonds is 5. The van der Waals surface area contributed by atoms with Crippen molar-refractivity contribution in [2.45, 2.75) is 112 Å². The number of carbonyl (C=O) groups excluding carboxylic acids is 1. The molecular weight excluding hydrogens is 424 g/mol. The van der Waals surface area contributed by atoms with Gasteiger partial charge < -0.3 is 10.2 Å². The minimum absolute atomic E-state index is 0.154. The van der Waals surface area contributed by atoms with Crippen molar-refractivity contribution in [2.24, 2.45) is 50.7 Å². The number of carbonyl (C=O) groups is 2. The highest BCUT2D eigenvalue weighted by Gasteiger charge is 2.82. The van der Waals surface area contributed by atoms with Gasteiger partial charge in [-0.2, -0.15) is 0 Å². The lowest BCUT2D eigenvalue weighted by molar-refractivity contribution is -0.157. The highest BCUT2D eigenvalue weighted by atomic mass is 16.4. The lowest BCUT2D eigenvalue weighted by Crippen LogP contribution is -2.57. The highest BCUT2D eigenvalue weighted by Crippen LogP contribution is 2.88. The molecule has 190 valence electrons. The molecule has 0 unspecified atom stereocenters. The van der Waals surface area contributed by atoms with Crippen LogP contribution in [0.5, 0.6) is 0 Å². The zero-order valence-electron chi connectivity index (χ0n) is 22.2. The summed E-state index contributed by atoms with van der Waals surface area (Å²) in [4.78, 5) is 24.0. The van der Waals surface area contributed by atoms with E-state index in [2.05, 4.69) is 34.6 Å². The molecule has 0 aromatic rings. The molecule has 2 N–H and O–H groups in total. The summed E-state index contributed by atoms with van der Waals surface area (Å²) in [6, 6.07) is 0. The number of aliphatic hydroxyl groups is 1. The molecule has 5 rings (SSSR count). The first-order valence-electron chi connectivity index (χ1n) is 13.9. The monoisotopic (exact) mass is 470 g/mol. The number of carboxylic acids is 1. The van der Waals surface area contributed by atoms with Crippen molar-refractivity contribution in [1.29, 1.82) is 0 Å². The maximum Gasteiger partial charge on any atom is 0.331 e. The first-order valence-corrected chi connectivity index (χ1v) is 13.9. The van der Waals surface area contributed by atoms with Crippen molar-refractivity contribution in [3.05, 3.63) is 11.6 Å². The van der Waals surface area contributed by atoms with Crippen LogP contribution in [0, 0.1) is 50.7 Å². The molecule has 5 saturated carbocycles. The Morgan fingerprint density at radius 3 is 2.32 bits per heavy atom. The SMILES string of the molecule is CC(=C[C@H](O)C[C@@H](C)[C@H]1CC[C@@]2(C)[C@@H]3CC[C@H]4C(C)(C)C(=O)CC[C@@]45C[C@@]35CC[C@]12C)C(=O)O. The molecule has 0 amide bonds. The highest BCUT2D eigenvalue weighted by molar-refractivity contribution is 5.86. The molecule has 0 aliphatic heterocycles. The number of aliphatic hydroxyl groups excluding tert-OH is 1. The number of ketones is 1. The van der Waals surface area contributed by atoms with Crippen LogP contribution in [0.3, 0.4) is 0 Å². The van der Waals surface area contributed by atoms with Crippen molar-refractivity contribution in [2.75, 3.05) is 0 Å². The number of Topliss-reactive ketones (excluding diaryl/α,β-unsaturated/α-hetero) is 1. The first-order chi connectivity index (χ1) is 15.8. The van der Waals surface area contributed by atoms with Gasteiger partial charge in [0, 0.05) is 17.4 Å². The van der Waals surface area contributed by atoms with Crippen LogP contribution in [0.4, 0.5) is 0 Å². The van der Waals surface area contributed by atoms with Gasteiger partial charge in [0.05, 0.1) is 6.10 Å². The molecule has 5 fully saturated rings. The number of hydrogen-bond donors (Lipinski definition) is 2. The lowest BCUT2D eigenvalue weighted by atomic mass is 9.42. The van der Waals surface area contributed by atoms with Gasteiger partial charge in [0.15, 0.2) is 0 Å². The molecule has 34 heavy (non-hydrogen) atoms. The molecule has 2 spiro atoms. The predicted molar refractivity (Wildman–Crippen MR) is 133 cm³/mol. The van der Waals surface area contributed by atoms with E-state index in [-0.39, 0.29) is 16.4 Å². The van der Waals surface area contributed by atoms with Gasteiger partial charge in [-0.25, -0.2) is 4.79 Å². The molecule has 0 aromatic carbocycles. The Kier molecular flexibility index (Phi) is 5.36. The molecule has 4 heteroatoms. The summed E-state index contributed by atoms with van der Waals surface area (Å²) in [7, 11) is 0. The number of carboxylic acid groups (broad SMARTS) is 1. The summed E-state index contributed by atoms with van der Waals surface area (Å²) in [5.74, 6) is 1.81. The molecule has 4 nitrogen and oxygen atoms in total. The average molecular weight is 471 g/mol. The van der Waals surface area contributed by atoms with Crippen molar-refractivity contribution >= 4 is 11.8 Å². The van der Waals surface area contributed by atoms with E-state index < -0.39 is 12.1 Å². The van der Waals surface area contributed by atoms with Gasteiger partial charge in [0.1, 0.15) is 5.78 Å². The van der Waals surface area contributed by atoms with E-state index in [9.17, 15) is 19.8 Å². The smallest absolute Gasteiger partial charge is 0.331 e. The third kappa shape index (κ3) is 2.93. The normalized spacial score (nSPS) is 48.7. The Bertz CT molecular complexity index is 934. The van der Waals surface area contributed by atoms with Crippen LogP contribution >= 0.6 is 0 Å². The van der Waals surface area contributed by atoms with Gasteiger partial charge in [0.2, 0.25) is 0 Å². The molecule has 9 atom stereocenters. The van der Waals surface area contributed by atoms with Crippen molar-refractivity contribution < 1.29 is 19.8 Å². The molecule has 0 heterocycles. The van der Waals surface area contributed by atoms with Crippen LogP contribution in [0.1, 0.15) is 106 Å². The van der Waals surface area contributed by atoms with Crippen molar-refractivity contribution in [3.8, 4) is 0 Å². The third-order valence-corrected chi connectivity index (χ3v) is 13.0. The molecule has 0 bridgehead atoms. The summed E-state index contributed by atoms with van der Waals surface area (Å²) < 4.78 is 0. The fourth-order valence-corrected chi connectivity index (χ4v) is 11.1. The second-order valence-electron chi connectivity index (χ2n) is 14.2. The zero-order chi connectivity index (χ0) is 24.9. The maximum absolute atomic E-state index is 12.8. The summed E-state index contributed by atoms with van der Waals surface area (Å²) in [6.07, 6.45) is 12.3. The zero-order valence-corrected chi connectivity index (χ0v) is 22.2. The maximum atomic E-state index is 12.8. The topological polar surface area (TPSA) is 74.6 Å². The molecule has 0 saturated heterocycles. The minimum atomic E-state index is -0.953. The van der Waals surface area contributed by atoms with E-state index in [0.717, 1.165) is 18.8 Å². The quantitative estimate of drug-likeness (QED) is 0.455. The van der Waals surface area contributed by atoms with Gasteiger partial charge >= 0.3 is 5.97 Å². The number of fused-ring (bicyclic) bond motifs is 2. The number of hydrogen-bond acceptors (Lipinski definition) is 3.